The van der Waals surface area contributed by atoms with Crippen molar-refractivity contribution in [1.29, 1.82) is 0 Å². The second-order valence-corrected chi connectivity index (χ2v) is 9.16. The molecule has 0 fully saturated rings. The van der Waals surface area contributed by atoms with E-state index in [9.17, 15) is 4.79 Å². The smallest absolute Gasteiger partial charge is 0.272 e. The van der Waals surface area contributed by atoms with E-state index >= 15 is 0 Å². The molecule has 0 saturated heterocycles. The van der Waals surface area contributed by atoms with E-state index in [4.69, 9.17) is 11.6 Å². The van der Waals surface area contributed by atoms with Crippen LogP contribution in [0.25, 0.3) is 5.69 Å². The number of amides is 1. The molecular formula is C21H19ClI2N4O. The number of aromatic nitrogens is 1. The minimum absolute atomic E-state index is 0.352. The van der Waals surface area contributed by atoms with Crippen molar-refractivity contribution in [2.45, 2.75) is 13.8 Å². The highest BCUT2D eigenvalue weighted by Crippen LogP contribution is 2.26. The van der Waals surface area contributed by atoms with Gasteiger partial charge in [0, 0.05) is 31.3 Å². The number of aryl methyl sites for hydroxylation is 2. The maximum atomic E-state index is 12.5. The summed E-state index contributed by atoms with van der Waals surface area (Å²) in [6, 6.07) is 13.5. The van der Waals surface area contributed by atoms with E-state index in [0.29, 0.717) is 10.6 Å². The van der Waals surface area contributed by atoms with Gasteiger partial charge in [0.25, 0.3) is 5.91 Å². The van der Waals surface area contributed by atoms with E-state index in [1.807, 2.05) is 51.2 Å². The van der Waals surface area contributed by atoms with Crippen LogP contribution in [0.2, 0.25) is 5.02 Å². The Labute approximate surface area is 202 Å². The molecule has 1 heterocycles. The summed E-state index contributed by atoms with van der Waals surface area (Å²) in [6.07, 6.45) is 1.62. The molecule has 0 unspecified atom stereocenters. The van der Waals surface area contributed by atoms with E-state index in [1.54, 1.807) is 18.3 Å². The van der Waals surface area contributed by atoms with Gasteiger partial charge < -0.3 is 9.88 Å². The molecule has 150 valence electrons. The molecule has 0 aliphatic rings. The van der Waals surface area contributed by atoms with Crippen molar-refractivity contribution in [3.8, 4) is 5.69 Å². The second-order valence-electron chi connectivity index (χ2n) is 6.42. The van der Waals surface area contributed by atoms with Gasteiger partial charge in [0.1, 0.15) is 0 Å². The van der Waals surface area contributed by atoms with E-state index in [-0.39, 0.29) is 5.91 Å². The van der Waals surface area contributed by atoms with Crippen LogP contribution in [0.5, 0.6) is 0 Å². The summed E-state index contributed by atoms with van der Waals surface area (Å²) in [5.74, 6) is -0.352. The third kappa shape index (κ3) is 4.95. The van der Waals surface area contributed by atoms with Gasteiger partial charge in [-0.3, -0.25) is 4.79 Å². The second kappa shape index (κ2) is 9.48. The summed E-state index contributed by atoms with van der Waals surface area (Å²) in [5.41, 5.74) is 8.04. The number of nitrogens with zero attached hydrogens (tertiary/aromatic N) is 2. The topological polar surface area (TPSA) is 58.4 Å². The van der Waals surface area contributed by atoms with Gasteiger partial charge in [-0.2, -0.15) is 5.10 Å². The molecule has 1 amide bonds. The van der Waals surface area contributed by atoms with Gasteiger partial charge in [0.15, 0.2) is 0 Å². The molecule has 5 nitrogen and oxygen atoms in total. The Morgan fingerprint density at radius 1 is 1.07 bits per heavy atom. The van der Waals surface area contributed by atoms with Crippen LogP contribution in [-0.4, -0.2) is 23.7 Å². The number of nitrogens with one attached hydrogen (secondary N) is 2. The Morgan fingerprint density at radius 2 is 1.69 bits per heavy atom. The molecule has 0 atom stereocenters. The van der Waals surface area contributed by atoms with E-state index in [0.717, 1.165) is 35.5 Å². The van der Waals surface area contributed by atoms with E-state index in [1.165, 1.54) is 0 Å². The zero-order chi connectivity index (χ0) is 21.1. The molecule has 0 bridgehead atoms. The number of hydrogen-bond acceptors (Lipinski definition) is 3. The normalized spacial score (nSPS) is 11.1. The molecule has 29 heavy (non-hydrogen) atoms. The zero-order valence-corrected chi connectivity index (χ0v) is 21.1. The van der Waals surface area contributed by atoms with Crippen molar-refractivity contribution in [3.63, 3.8) is 0 Å². The largest absolute Gasteiger partial charge is 0.386 e. The maximum Gasteiger partial charge on any atom is 0.272 e. The van der Waals surface area contributed by atoms with Crippen molar-refractivity contribution in [1.82, 2.24) is 9.99 Å². The molecule has 3 aromatic rings. The molecule has 2 aromatic carbocycles. The fourth-order valence-corrected chi connectivity index (χ4v) is 5.65. The number of carbonyl (C=O) groups excluding carboxylic acids is 1. The van der Waals surface area contributed by atoms with Gasteiger partial charge in [-0.25, -0.2) is 5.43 Å². The van der Waals surface area contributed by atoms with Gasteiger partial charge in [-0.05, 0) is 107 Å². The summed E-state index contributed by atoms with van der Waals surface area (Å²) in [6.45, 7) is 4.06. The minimum Gasteiger partial charge on any atom is -0.386 e. The highest BCUT2D eigenvalue weighted by molar-refractivity contribution is 14.1. The highest BCUT2D eigenvalue weighted by Gasteiger charge is 2.12. The van der Waals surface area contributed by atoms with Crippen LogP contribution in [0, 0.1) is 21.0 Å². The molecular weight excluding hydrogens is 614 g/mol. The van der Waals surface area contributed by atoms with Crippen molar-refractivity contribution < 1.29 is 4.79 Å². The molecule has 0 aliphatic heterocycles. The van der Waals surface area contributed by atoms with Crippen LogP contribution >= 0.6 is 56.8 Å². The third-order valence-electron chi connectivity index (χ3n) is 4.42. The fourth-order valence-electron chi connectivity index (χ4n) is 3.03. The number of hydrogen-bond donors (Lipinski definition) is 2. The van der Waals surface area contributed by atoms with Crippen molar-refractivity contribution in [2.75, 3.05) is 12.4 Å². The number of hydrazone groups is 1. The van der Waals surface area contributed by atoms with Crippen LogP contribution in [-0.2, 0) is 0 Å². The lowest BCUT2D eigenvalue weighted by Gasteiger charge is -2.11. The summed E-state index contributed by atoms with van der Waals surface area (Å²) >= 11 is 10.9. The van der Waals surface area contributed by atoms with Gasteiger partial charge in [0.05, 0.1) is 22.5 Å². The van der Waals surface area contributed by atoms with Crippen molar-refractivity contribution in [3.05, 3.63) is 77.1 Å². The average Bonchev–Trinajstić information content (AvgIpc) is 2.99. The first-order chi connectivity index (χ1) is 13.8. The van der Waals surface area contributed by atoms with Crippen LogP contribution in [0.15, 0.2) is 47.6 Å². The highest BCUT2D eigenvalue weighted by atomic mass is 127. The number of rotatable bonds is 5. The molecule has 1 aromatic heterocycles. The van der Waals surface area contributed by atoms with Crippen molar-refractivity contribution >= 4 is 74.6 Å². The van der Waals surface area contributed by atoms with Crippen molar-refractivity contribution in [2.24, 2.45) is 5.10 Å². The van der Waals surface area contributed by atoms with Gasteiger partial charge in [-0.15, -0.1) is 0 Å². The molecule has 2 N–H and O–H groups in total. The average molecular weight is 633 g/mol. The Kier molecular flexibility index (Phi) is 7.23. The minimum atomic E-state index is -0.352. The lowest BCUT2D eigenvalue weighted by molar-refractivity contribution is 0.0955. The Hall–Kier alpha value is -1.59. The SMILES string of the molecule is CNc1c(I)cc(/C=N\NC(=O)c2ccc(-n3c(C)ccc3C)cc2Cl)cc1I. The summed E-state index contributed by atoms with van der Waals surface area (Å²) < 4.78 is 4.25. The Balaban J connectivity index is 1.75. The molecule has 3 rings (SSSR count). The van der Waals surface area contributed by atoms with Crippen LogP contribution in [0.4, 0.5) is 5.69 Å². The zero-order valence-electron chi connectivity index (χ0n) is 16.1. The lowest BCUT2D eigenvalue weighted by atomic mass is 10.2. The molecule has 0 aliphatic carbocycles. The van der Waals surface area contributed by atoms with Crippen LogP contribution in [0.3, 0.4) is 0 Å². The predicted molar refractivity (Wildman–Crippen MR) is 137 cm³/mol. The molecule has 8 heteroatoms. The Bertz CT molecular complexity index is 1070. The molecule has 0 radical (unpaired) electrons. The number of halogens is 3. The molecule has 0 saturated carbocycles. The summed E-state index contributed by atoms with van der Waals surface area (Å²) in [4.78, 5) is 12.5. The third-order valence-corrected chi connectivity index (χ3v) is 6.44. The standard InChI is InChI=1S/C21H19ClI2N4O/c1-12-4-5-13(2)28(12)15-6-7-16(17(22)10-15)21(29)27-26-11-14-8-18(23)20(25-3)19(24)9-14/h4-11,25H,1-3H3,(H,27,29)/b26-11-. The fraction of sp³-hybridized carbons (Fsp3) is 0.143. The summed E-state index contributed by atoms with van der Waals surface area (Å²) in [5, 5.41) is 7.63. The van der Waals surface area contributed by atoms with Gasteiger partial charge in [0.2, 0.25) is 0 Å². The first-order valence-electron chi connectivity index (χ1n) is 8.77. The lowest BCUT2D eigenvalue weighted by Crippen LogP contribution is -2.18. The van der Waals surface area contributed by atoms with Gasteiger partial charge >= 0.3 is 0 Å². The predicted octanol–water partition coefficient (Wildman–Crippen LogP) is 5.76. The van der Waals surface area contributed by atoms with Crippen LogP contribution in [0.1, 0.15) is 27.3 Å². The summed E-state index contributed by atoms with van der Waals surface area (Å²) in [7, 11) is 1.89. The quantitative estimate of drug-likeness (QED) is 0.214. The molecule has 0 spiro atoms. The van der Waals surface area contributed by atoms with Gasteiger partial charge in [-0.1, -0.05) is 11.6 Å². The maximum absolute atomic E-state index is 12.5. The number of anilines is 1. The van der Waals surface area contributed by atoms with E-state index < -0.39 is 0 Å². The van der Waals surface area contributed by atoms with Crippen LogP contribution < -0.4 is 10.7 Å². The van der Waals surface area contributed by atoms with E-state index in [2.05, 4.69) is 65.6 Å². The Morgan fingerprint density at radius 3 is 2.24 bits per heavy atom. The monoisotopic (exact) mass is 632 g/mol. The number of benzene rings is 2. The first-order valence-corrected chi connectivity index (χ1v) is 11.3. The first kappa shape index (κ1) is 22.1. The number of carbonyl (C=O) groups is 1.